The lowest BCUT2D eigenvalue weighted by Crippen LogP contribution is -2.34. The molecule has 0 unspecified atom stereocenters. The fourth-order valence-corrected chi connectivity index (χ4v) is 3.94. The number of amides is 1. The zero-order valence-corrected chi connectivity index (χ0v) is 19.1. The third-order valence-corrected chi connectivity index (χ3v) is 6.01. The molecule has 2 aromatic rings. The van der Waals surface area contributed by atoms with Crippen molar-refractivity contribution in [3.05, 3.63) is 57.6 Å². The predicted octanol–water partition coefficient (Wildman–Crippen LogP) is 4.93. The van der Waals surface area contributed by atoms with E-state index in [1.54, 1.807) is 24.3 Å². The summed E-state index contributed by atoms with van der Waals surface area (Å²) in [5, 5.41) is 27.1. The number of hydrogen-bond acceptors (Lipinski definition) is 6. The fraction of sp³-hybridized carbons (Fsp3) is 0.391. The van der Waals surface area contributed by atoms with E-state index in [4.69, 9.17) is 12.2 Å². The van der Waals surface area contributed by atoms with Gasteiger partial charge in [0.05, 0.1) is 10.6 Å². The minimum absolute atomic E-state index is 0.00522. The van der Waals surface area contributed by atoms with Crippen molar-refractivity contribution < 1.29 is 14.8 Å². The molecule has 1 amide bonds. The molecule has 0 bridgehead atoms. The van der Waals surface area contributed by atoms with E-state index in [0.717, 1.165) is 44.3 Å². The van der Waals surface area contributed by atoms with Crippen molar-refractivity contribution in [3.8, 4) is 5.75 Å². The average Bonchev–Trinajstić information content (AvgIpc) is 2.80. The number of phenols is 1. The van der Waals surface area contributed by atoms with Gasteiger partial charge in [0.25, 0.3) is 11.6 Å². The molecule has 8 nitrogen and oxygen atoms in total. The highest BCUT2D eigenvalue weighted by molar-refractivity contribution is 7.80. The minimum atomic E-state index is -0.562. The van der Waals surface area contributed by atoms with Crippen LogP contribution in [-0.2, 0) is 0 Å². The molecule has 1 heterocycles. The van der Waals surface area contributed by atoms with Gasteiger partial charge in [-0.25, -0.2) is 0 Å². The van der Waals surface area contributed by atoms with Crippen LogP contribution in [0.2, 0.25) is 0 Å². The van der Waals surface area contributed by atoms with E-state index < -0.39 is 10.8 Å². The first-order valence-corrected chi connectivity index (χ1v) is 11.2. The van der Waals surface area contributed by atoms with Crippen LogP contribution in [0.3, 0.4) is 0 Å². The molecule has 1 atom stereocenters. The maximum Gasteiger partial charge on any atom is 0.293 e. The van der Waals surface area contributed by atoms with Crippen molar-refractivity contribution >= 4 is 40.3 Å². The van der Waals surface area contributed by atoms with Crippen molar-refractivity contribution in [3.63, 3.8) is 0 Å². The normalized spacial score (nSPS) is 14.5. The summed E-state index contributed by atoms with van der Waals surface area (Å²) >= 11 is 5.23. The summed E-state index contributed by atoms with van der Waals surface area (Å²) in [5.41, 5.74) is 1.99. The Labute approximate surface area is 192 Å². The first-order valence-electron chi connectivity index (χ1n) is 10.8. The molecule has 32 heavy (non-hydrogen) atoms. The van der Waals surface area contributed by atoms with Crippen LogP contribution < -0.4 is 15.5 Å². The number of carbonyl (C=O) groups is 1. The van der Waals surface area contributed by atoms with E-state index in [-0.39, 0.29) is 22.1 Å². The SMILES string of the molecule is CC[C@H](C)c1ccc(O)c(NC(=S)NC(=O)c2ccc(N3CCCCC3)c([N+](=O)[O-])c2)c1. The summed E-state index contributed by atoms with van der Waals surface area (Å²) in [6.45, 7) is 5.68. The Bertz CT molecular complexity index is 1020. The smallest absolute Gasteiger partial charge is 0.293 e. The van der Waals surface area contributed by atoms with Gasteiger partial charge in [0.15, 0.2) is 5.11 Å². The molecule has 9 heteroatoms. The molecule has 0 radical (unpaired) electrons. The van der Waals surface area contributed by atoms with Gasteiger partial charge in [-0.05, 0) is 73.6 Å². The van der Waals surface area contributed by atoms with Gasteiger partial charge in [-0.15, -0.1) is 0 Å². The molecule has 0 spiro atoms. The third kappa shape index (κ3) is 5.53. The van der Waals surface area contributed by atoms with Crippen LogP contribution in [-0.4, -0.2) is 34.1 Å². The van der Waals surface area contributed by atoms with Crippen LogP contribution in [0.1, 0.15) is 61.4 Å². The number of rotatable bonds is 6. The van der Waals surface area contributed by atoms with E-state index >= 15 is 0 Å². The molecule has 1 fully saturated rings. The first kappa shape index (κ1) is 23.5. The monoisotopic (exact) mass is 456 g/mol. The number of anilines is 2. The van der Waals surface area contributed by atoms with Crippen molar-refractivity contribution in [2.45, 2.75) is 45.4 Å². The van der Waals surface area contributed by atoms with Gasteiger partial charge >= 0.3 is 0 Å². The zero-order valence-electron chi connectivity index (χ0n) is 18.3. The second kappa shape index (κ2) is 10.4. The van der Waals surface area contributed by atoms with E-state index in [9.17, 15) is 20.0 Å². The number of piperidine rings is 1. The van der Waals surface area contributed by atoms with Crippen LogP contribution in [0.15, 0.2) is 36.4 Å². The number of phenolic OH excluding ortho intramolecular Hbond substituents is 1. The number of thiocarbonyl (C=S) groups is 1. The molecule has 0 saturated carbocycles. The third-order valence-electron chi connectivity index (χ3n) is 5.81. The summed E-state index contributed by atoms with van der Waals surface area (Å²) in [4.78, 5) is 25.8. The Morgan fingerprint density at radius 2 is 1.94 bits per heavy atom. The maximum atomic E-state index is 12.7. The summed E-state index contributed by atoms with van der Waals surface area (Å²) in [5.74, 6) is -0.248. The van der Waals surface area contributed by atoms with Gasteiger partial charge in [0, 0.05) is 24.7 Å². The van der Waals surface area contributed by atoms with Crippen molar-refractivity contribution in [2.75, 3.05) is 23.3 Å². The summed E-state index contributed by atoms with van der Waals surface area (Å²) in [6.07, 6.45) is 4.04. The first-order chi connectivity index (χ1) is 15.3. The summed E-state index contributed by atoms with van der Waals surface area (Å²) < 4.78 is 0. The van der Waals surface area contributed by atoms with Gasteiger partial charge < -0.3 is 15.3 Å². The Morgan fingerprint density at radius 1 is 1.22 bits per heavy atom. The predicted molar refractivity (Wildman–Crippen MR) is 130 cm³/mol. The van der Waals surface area contributed by atoms with Gasteiger partial charge in [0.2, 0.25) is 0 Å². The second-order valence-corrected chi connectivity index (χ2v) is 8.41. The van der Waals surface area contributed by atoms with Crippen molar-refractivity contribution in [1.29, 1.82) is 0 Å². The van der Waals surface area contributed by atoms with Gasteiger partial charge in [-0.1, -0.05) is 19.9 Å². The Kier molecular flexibility index (Phi) is 7.63. The van der Waals surface area contributed by atoms with E-state index in [0.29, 0.717) is 17.3 Å². The molecule has 1 aliphatic heterocycles. The Balaban J connectivity index is 1.73. The number of nitrogens with one attached hydrogen (secondary N) is 2. The van der Waals surface area contributed by atoms with Crippen molar-refractivity contribution in [2.24, 2.45) is 0 Å². The van der Waals surface area contributed by atoms with Gasteiger partial charge in [-0.2, -0.15) is 0 Å². The van der Waals surface area contributed by atoms with E-state index in [1.807, 2.05) is 11.0 Å². The lowest BCUT2D eigenvalue weighted by molar-refractivity contribution is -0.384. The molecule has 3 N–H and O–H groups in total. The molecule has 2 aromatic carbocycles. The lowest BCUT2D eigenvalue weighted by Gasteiger charge is -2.28. The fourth-order valence-electron chi connectivity index (χ4n) is 3.74. The van der Waals surface area contributed by atoms with Crippen LogP contribution in [0, 0.1) is 10.1 Å². The Hall–Kier alpha value is -3.20. The molecule has 3 rings (SSSR count). The number of nitro benzene ring substituents is 1. The van der Waals surface area contributed by atoms with Crippen molar-refractivity contribution in [1.82, 2.24) is 5.32 Å². The maximum absolute atomic E-state index is 12.7. The summed E-state index contributed by atoms with van der Waals surface area (Å²) in [6, 6.07) is 9.69. The topological polar surface area (TPSA) is 108 Å². The highest BCUT2D eigenvalue weighted by Gasteiger charge is 2.23. The summed E-state index contributed by atoms with van der Waals surface area (Å²) in [7, 11) is 0. The molecular weight excluding hydrogens is 428 g/mol. The van der Waals surface area contributed by atoms with Gasteiger partial charge in [-0.3, -0.25) is 20.2 Å². The highest BCUT2D eigenvalue weighted by Crippen LogP contribution is 2.32. The standard InChI is InChI=1S/C23H28N4O4S/c1-3-15(2)16-8-10-21(28)18(13-16)24-23(32)25-22(29)17-7-9-19(20(14-17)27(30)31)26-11-5-4-6-12-26/h7-10,13-15,28H,3-6,11-12H2,1-2H3,(H2,24,25,29,32)/t15-/m0/s1. The van der Waals surface area contributed by atoms with Crippen LogP contribution in [0.5, 0.6) is 5.75 Å². The zero-order chi connectivity index (χ0) is 23.3. The second-order valence-electron chi connectivity index (χ2n) is 8.00. The molecule has 1 aliphatic rings. The van der Waals surface area contributed by atoms with E-state index in [2.05, 4.69) is 24.5 Å². The lowest BCUT2D eigenvalue weighted by atomic mass is 9.98. The molecule has 170 valence electrons. The van der Waals surface area contributed by atoms with Crippen LogP contribution in [0.25, 0.3) is 0 Å². The van der Waals surface area contributed by atoms with E-state index in [1.165, 1.54) is 6.07 Å². The number of hydrogen-bond donors (Lipinski definition) is 3. The number of nitrogens with zero attached hydrogens (tertiary/aromatic N) is 2. The Morgan fingerprint density at radius 3 is 2.59 bits per heavy atom. The number of aromatic hydroxyl groups is 1. The van der Waals surface area contributed by atoms with Crippen LogP contribution >= 0.6 is 12.2 Å². The number of benzene rings is 2. The minimum Gasteiger partial charge on any atom is -0.506 e. The average molecular weight is 457 g/mol. The number of carbonyl (C=O) groups excluding carboxylic acids is 1. The quantitative estimate of drug-likeness (QED) is 0.245. The molecular formula is C23H28N4O4S. The van der Waals surface area contributed by atoms with Gasteiger partial charge in [0.1, 0.15) is 11.4 Å². The largest absolute Gasteiger partial charge is 0.506 e. The molecule has 0 aromatic heterocycles. The highest BCUT2D eigenvalue weighted by atomic mass is 32.1. The molecule has 0 aliphatic carbocycles. The number of nitro groups is 1. The van der Waals surface area contributed by atoms with Crippen LogP contribution in [0.4, 0.5) is 17.1 Å². The molecule has 1 saturated heterocycles.